The molecule has 1 aromatic heterocycles. The molecule has 6 nitrogen and oxygen atoms in total. The molecule has 2 heterocycles. The summed E-state index contributed by atoms with van der Waals surface area (Å²) >= 11 is 0. The average Bonchev–Trinajstić information content (AvgIpc) is 2.95. The first-order valence-electron chi connectivity index (χ1n) is 6.95. The minimum atomic E-state index is -0.768. The van der Waals surface area contributed by atoms with Crippen LogP contribution in [0, 0.1) is 11.6 Å². The molecular formula is C14H17ClF2N4O2. The fourth-order valence-electron chi connectivity index (χ4n) is 2.29. The van der Waals surface area contributed by atoms with Crippen LogP contribution in [0.4, 0.5) is 8.78 Å². The third kappa shape index (κ3) is 4.15. The lowest BCUT2D eigenvalue weighted by Gasteiger charge is -2.30. The van der Waals surface area contributed by atoms with Crippen molar-refractivity contribution < 1.29 is 18.0 Å². The number of hydrogen-bond acceptors (Lipinski definition) is 6. The van der Waals surface area contributed by atoms with Crippen molar-refractivity contribution in [1.29, 1.82) is 0 Å². The van der Waals surface area contributed by atoms with Crippen molar-refractivity contribution in [3.8, 4) is 5.75 Å². The van der Waals surface area contributed by atoms with E-state index in [-0.39, 0.29) is 36.7 Å². The number of piperazine rings is 1. The van der Waals surface area contributed by atoms with Crippen LogP contribution >= 0.6 is 12.4 Å². The van der Waals surface area contributed by atoms with Gasteiger partial charge >= 0.3 is 0 Å². The third-order valence-corrected chi connectivity index (χ3v) is 3.54. The van der Waals surface area contributed by atoms with Crippen LogP contribution < -0.4 is 10.1 Å². The van der Waals surface area contributed by atoms with Crippen molar-refractivity contribution in [2.24, 2.45) is 0 Å². The van der Waals surface area contributed by atoms with Crippen LogP contribution in [-0.2, 0) is 6.61 Å². The summed E-state index contributed by atoms with van der Waals surface area (Å²) in [4.78, 5) is 6.40. The molecule has 9 heteroatoms. The minimum absolute atomic E-state index is 0. The standard InChI is InChI=1S/C14H16F2N4O2.ClH/c1-20-5-4-17-7-11(20)14-18-13(22-19-14)8-21-12-3-2-9(15)6-10(12)16;/h2-3,6,11,17H,4-5,7-8H2,1H3;1H. The summed E-state index contributed by atoms with van der Waals surface area (Å²) in [6, 6.07) is 3.15. The highest BCUT2D eigenvalue weighted by Gasteiger charge is 2.25. The van der Waals surface area contributed by atoms with E-state index in [4.69, 9.17) is 9.26 Å². The molecule has 1 aliphatic rings. The molecule has 126 valence electrons. The van der Waals surface area contributed by atoms with Gasteiger partial charge in [-0.1, -0.05) is 5.16 Å². The number of hydrogen-bond donors (Lipinski definition) is 1. The van der Waals surface area contributed by atoms with Crippen molar-refractivity contribution in [1.82, 2.24) is 20.4 Å². The van der Waals surface area contributed by atoms with Gasteiger partial charge in [0, 0.05) is 25.7 Å². The first-order valence-corrected chi connectivity index (χ1v) is 6.95. The van der Waals surface area contributed by atoms with Crippen LogP contribution in [0.1, 0.15) is 17.8 Å². The highest BCUT2D eigenvalue weighted by Crippen LogP contribution is 2.20. The van der Waals surface area contributed by atoms with Crippen LogP contribution in [-0.4, -0.2) is 41.7 Å². The Morgan fingerprint density at radius 3 is 3.00 bits per heavy atom. The summed E-state index contributed by atoms with van der Waals surface area (Å²) in [6.07, 6.45) is 0. The average molecular weight is 347 g/mol. The molecule has 1 unspecified atom stereocenters. The molecule has 1 fully saturated rings. The van der Waals surface area contributed by atoms with Crippen molar-refractivity contribution in [3.63, 3.8) is 0 Å². The van der Waals surface area contributed by atoms with Crippen molar-refractivity contribution in [3.05, 3.63) is 41.5 Å². The summed E-state index contributed by atoms with van der Waals surface area (Å²) in [5, 5.41) is 7.20. The van der Waals surface area contributed by atoms with E-state index in [9.17, 15) is 8.78 Å². The molecule has 1 aromatic carbocycles. The van der Waals surface area contributed by atoms with Crippen molar-refractivity contribution in [2.75, 3.05) is 26.7 Å². The van der Waals surface area contributed by atoms with Gasteiger partial charge in [0.25, 0.3) is 5.89 Å². The molecule has 1 saturated heterocycles. The van der Waals surface area contributed by atoms with Gasteiger partial charge in [0.15, 0.2) is 24.0 Å². The Bertz CT molecular complexity index is 655. The SMILES string of the molecule is CN1CCNCC1c1noc(COc2ccc(F)cc2F)n1.Cl. The monoisotopic (exact) mass is 346 g/mol. The normalized spacial score (nSPS) is 18.5. The summed E-state index contributed by atoms with van der Waals surface area (Å²) in [6.45, 7) is 2.48. The fourth-order valence-corrected chi connectivity index (χ4v) is 2.29. The molecule has 0 spiro atoms. The lowest BCUT2D eigenvalue weighted by atomic mass is 10.2. The first-order chi connectivity index (χ1) is 10.6. The zero-order valence-corrected chi connectivity index (χ0v) is 13.3. The maximum Gasteiger partial charge on any atom is 0.264 e. The molecule has 0 amide bonds. The Hall–Kier alpha value is -1.77. The van der Waals surface area contributed by atoms with E-state index in [0.717, 1.165) is 31.8 Å². The van der Waals surface area contributed by atoms with Crippen molar-refractivity contribution >= 4 is 12.4 Å². The maximum absolute atomic E-state index is 13.5. The number of nitrogens with one attached hydrogen (secondary N) is 1. The van der Waals surface area contributed by atoms with Crippen molar-refractivity contribution in [2.45, 2.75) is 12.6 Å². The molecule has 23 heavy (non-hydrogen) atoms. The second kappa shape index (κ2) is 7.67. The smallest absolute Gasteiger partial charge is 0.264 e. The summed E-state index contributed by atoms with van der Waals surface area (Å²) in [7, 11) is 1.99. The van der Waals surface area contributed by atoms with Gasteiger partial charge in [0.2, 0.25) is 0 Å². The largest absolute Gasteiger partial charge is 0.481 e. The molecule has 1 N–H and O–H groups in total. The number of benzene rings is 1. The Kier molecular flexibility index (Phi) is 5.86. The van der Waals surface area contributed by atoms with E-state index in [1.165, 1.54) is 6.07 Å². The first kappa shape index (κ1) is 17.6. The van der Waals surface area contributed by atoms with Gasteiger partial charge in [0.1, 0.15) is 5.82 Å². The zero-order chi connectivity index (χ0) is 15.5. The molecule has 0 aliphatic carbocycles. The second-order valence-corrected chi connectivity index (χ2v) is 5.11. The second-order valence-electron chi connectivity index (χ2n) is 5.11. The molecule has 3 rings (SSSR count). The summed E-state index contributed by atoms with van der Waals surface area (Å²) in [5.41, 5.74) is 0. The summed E-state index contributed by atoms with van der Waals surface area (Å²) in [5.74, 6) is -0.670. The molecule has 0 radical (unpaired) electrons. The molecule has 0 saturated carbocycles. The van der Waals surface area contributed by atoms with Crippen LogP contribution in [0.15, 0.2) is 22.7 Å². The van der Waals surface area contributed by atoms with Gasteiger partial charge in [-0.05, 0) is 19.2 Å². The van der Waals surface area contributed by atoms with Gasteiger partial charge in [-0.2, -0.15) is 4.98 Å². The lowest BCUT2D eigenvalue weighted by Crippen LogP contribution is -2.44. The maximum atomic E-state index is 13.5. The fraction of sp³-hybridized carbons (Fsp3) is 0.429. The van der Waals surface area contributed by atoms with Gasteiger partial charge in [-0.3, -0.25) is 4.90 Å². The van der Waals surface area contributed by atoms with E-state index >= 15 is 0 Å². The van der Waals surface area contributed by atoms with E-state index < -0.39 is 11.6 Å². The van der Waals surface area contributed by atoms with E-state index in [1.54, 1.807) is 0 Å². The zero-order valence-electron chi connectivity index (χ0n) is 12.5. The quantitative estimate of drug-likeness (QED) is 0.912. The topological polar surface area (TPSA) is 63.4 Å². The number of rotatable bonds is 4. The molecular weight excluding hydrogens is 330 g/mol. The highest BCUT2D eigenvalue weighted by atomic mass is 35.5. The highest BCUT2D eigenvalue weighted by molar-refractivity contribution is 5.85. The number of nitrogens with zero attached hydrogens (tertiary/aromatic N) is 3. The van der Waals surface area contributed by atoms with Gasteiger partial charge in [0.05, 0.1) is 6.04 Å². The van der Waals surface area contributed by atoms with Crippen LogP contribution in [0.3, 0.4) is 0 Å². The predicted octanol–water partition coefficient (Wildman–Crippen LogP) is 1.92. The molecule has 0 bridgehead atoms. The minimum Gasteiger partial charge on any atom is -0.481 e. The summed E-state index contributed by atoms with van der Waals surface area (Å²) < 4.78 is 36.6. The van der Waals surface area contributed by atoms with Crippen LogP contribution in [0.5, 0.6) is 5.75 Å². The number of halogens is 3. The van der Waals surface area contributed by atoms with Crippen LogP contribution in [0.2, 0.25) is 0 Å². The van der Waals surface area contributed by atoms with Gasteiger partial charge < -0.3 is 14.6 Å². The number of likely N-dealkylation sites (N-methyl/N-ethyl adjacent to an activating group) is 1. The third-order valence-electron chi connectivity index (χ3n) is 3.54. The number of ether oxygens (including phenoxy) is 1. The van der Waals surface area contributed by atoms with E-state index in [1.807, 2.05) is 7.05 Å². The Morgan fingerprint density at radius 2 is 2.26 bits per heavy atom. The molecule has 1 aliphatic heterocycles. The molecule has 2 aromatic rings. The van der Waals surface area contributed by atoms with Gasteiger partial charge in [-0.25, -0.2) is 8.78 Å². The van der Waals surface area contributed by atoms with E-state index in [0.29, 0.717) is 5.82 Å². The lowest BCUT2D eigenvalue weighted by molar-refractivity contribution is 0.189. The Balaban J connectivity index is 0.00000192. The number of aromatic nitrogens is 2. The molecule has 1 atom stereocenters. The predicted molar refractivity (Wildman–Crippen MR) is 80.5 cm³/mol. The Labute approximate surface area is 138 Å². The van der Waals surface area contributed by atoms with E-state index in [2.05, 4.69) is 20.4 Å². The Morgan fingerprint density at radius 1 is 1.43 bits per heavy atom. The van der Waals surface area contributed by atoms with Crippen LogP contribution in [0.25, 0.3) is 0 Å². The van der Waals surface area contributed by atoms with Gasteiger partial charge in [-0.15, -0.1) is 12.4 Å².